The monoisotopic (exact) mass is 235 g/mol. The predicted octanol–water partition coefficient (Wildman–Crippen LogP) is 2.64. The molecule has 2 atom stereocenters. The van der Waals surface area contributed by atoms with Crippen molar-refractivity contribution in [2.45, 2.75) is 46.1 Å². The summed E-state index contributed by atoms with van der Waals surface area (Å²) >= 11 is 0. The first-order valence-electron chi connectivity index (χ1n) is 6.90. The maximum absolute atomic E-state index is 4.33. The molecule has 2 unspecified atom stereocenters. The Hall–Kier alpha value is -0.830. The summed E-state index contributed by atoms with van der Waals surface area (Å²) in [5, 5.41) is 3.50. The third-order valence-electron chi connectivity index (χ3n) is 3.82. The summed E-state index contributed by atoms with van der Waals surface area (Å²) in [4.78, 5) is 4.33. The molecule has 0 amide bonds. The fourth-order valence-electron chi connectivity index (χ4n) is 2.79. The highest BCUT2D eigenvalue weighted by Gasteiger charge is 2.22. The van der Waals surface area contributed by atoms with E-state index in [0.29, 0.717) is 12.0 Å². The standard InChI is InChI=1S/C14H25N3/c1-11(2)7-14-9-16-10-17(14)12(3)13-5-4-6-15-8-13/h9-13,15H,4-8H2,1-3H3. The lowest BCUT2D eigenvalue weighted by Gasteiger charge is -2.30. The Bertz CT molecular complexity index is 337. The van der Waals surface area contributed by atoms with Crippen LogP contribution in [0.25, 0.3) is 0 Å². The number of rotatable bonds is 4. The second kappa shape index (κ2) is 5.67. The molecule has 1 N–H and O–H groups in total. The smallest absolute Gasteiger partial charge is 0.0950 e. The molecule has 1 aliphatic rings. The van der Waals surface area contributed by atoms with Crippen molar-refractivity contribution < 1.29 is 0 Å². The Balaban J connectivity index is 2.07. The Morgan fingerprint density at radius 3 is 2.94 bits per heavy atom. The van der Waals surface area contributed by atoms with Gasteiger partial charge in [0, 0.05) is 17.9 Å². The van der Waals surface area contributed by atoms with Gasteiger partial charge in [-0.2, -0.15) is 0 Å². The van der Waals surface area contributed by atoms with Gasteiger partial charge < -0.3 is 9.88 Å². The lowest BCUT2D eigenvalue weighted by Crippen LogP contribution is -2.34. The van der Waals surface area contributed by atoms with Gasteiger partial charge in [0.15, 0.2) is 0 Å². The van der Waals surface area contributed by atoms with Gasteiger partial charge in [0.05, 0.1) is 6.33 Å². The van der Waals surface area contributed by atoms with Gasteiger partial charge >= 0.3 is 0 Å². The minimum absolute atomic E-state index is 0.569. The minimum atomic E-state index is 0.569. The summed E-state index contributed by atoms with van der Waals surface area (Å²) in [6.07, 6.45) is 7.82. The first-order valence-corrected chi connectivity index (χ1v) is 6.90. The van der Waals surface area contributed by atoms with E-state index in [1.165, 1.54) is 25.1 Å². The quantitative estimate of drug-likeness (QED) is 0.869. The number of nitrogens with zero attached hydrogens (tertiary/aromatic N) is 2. The molecule has 0 aliphatic carbocycles. The molecule has 0 aromatic carbocycles. The van der Waals surface area contributed by atoms with E-state index >= 15 is 0 Å². The van der Waals surface area contributed by atoms with Crippen LogP contribution in [0.15, 0.2) is 12.5 Å². The topological polar surface area (TPSA) is 29.9 Å². The van der Waals surface area contributed by atoms with Gasteiger partial charge in [-0.25, -0.2) is 4.98 Å². The van der Waals surface area contributed by atoms with E-state index in [0.717, 1.165) is 18.9 Å². The van der Waals surface area contributed by atoms with Gasteiger partial charge in [-0.15, -0.1) is 0 Å². The Morgan fingerprint density at radius 2 is 2.29 bits per heavy atom. The molecule has 2 heterocycles. The van der Waals surface area contributed by atoms with Crippen molar-refractivity contribution in [2.24, 2.45) is 11.8 Å². The molecule has 2 rings (SSSR count). The Labute approximate surface area is 105 Å². The Kier molecular flexibility index (Phi) is 4.21. The summed E-state index contributed by atoms with van der Waals surface area (Å²) in [5.41, 5.74) is 1.39. The summed E-state index contributed by atoms with van der Waals surface area (Å²) in [6.45, 7) is 9.21. The van der Waals surface area contributed by atoms with Crippen LogP contribution in [0.5, 0.6) is 0 Å². The highest BCUT2D eigenvalue weighted by Crippen LogP contribution is 2.26. The SMILES string of the molecule is CC(C)Cc1cncn1C(C)C1CCCNC1. The van der Waals surface area contributed by atoms with Gasteiger partial charge in [-0.1, -0.05) is 13.8 Å². The van der Waals surface area contributed by atoms with Crippen LogP contribution in [0.1, 0.15) is 45.3 Å². The molecule has 3 nitrogen and oxygen atoms in total. The zero-order chi connectivity index (χ0) is 12.3. The van der Waals surface area contributed by atoms with Crippen LogP contribution >= 0.6 is 0 Å². The van der Waals surface area contributed by atoms with E-state index < -0.39 is 0 Å². The molecule has 1 aromatic rings. The van der Waals surface area contributed by atoms with Crippen molar-refractivity contribution >= 4 is 0 Å². The molecule has 1 aliphatic heterocycles. The van der Waals surface area contributed by atoms with Crippen molar-refractivity contribution in [3.63, 3.8) is 0 Å². The molecule has 1 fully saturated rings. The third-order valence-corrected chi connectivity index (χ3v) is 3.82. The molecule has 1 saturated heterocycles. The fraction of sp³-hybridized carbons (Fsp3) is 0.786. The molecule has 0 bridgehead atoms. The first kappa shape index (κ1) is 12.6. The van der Waals surface area contributed by atoms with E-state index in [2.05, 4.69) is 35.6 Å². The van der Waals surface area contributed by atoms with Crippen LogP contribution in [0, 0.1) is 11.8 Å². The second-order valence-electron chi connectivity index (χ2n) is 5.74. The lowest BCUT2D eigenvalue weighted by atomic mass is 9.92. The molecule has 3 heteroatoms. The number of nitrogens with one attached hydrogen (secondary N) is 1. The number of hydrogen-bond donors (Lipinski definition) is 1. The van der Waals surface area contributed by atoms with Crippen molar-refractivity contribution in [3.05, 3.63) is 18.2 Å². The Morgan fingerprint density at radius 1 is 1.47 bits per heavy atom. The number of piperidine rings is 1. The lowest BCUT2D eigenvalue weighted by molar-refractivity contribution is 0.275. The van der Waals surface area contributed by atoms with E-state index in [1.807, 2.05) is 12.5 Å². The van der Waals surface area contributed by atoms with Crippen molar-refractivity contribution in [3.8, 4) is 0 Å². The zero-order valence-electron chi connectivity index (χ0n) is 11.3. The average molecular weight is 235 g/mol. The third kappa shape index (κ3) is 3.09. The van der Waals surface area contributed by atoms with Gasteiger partial charge in [0.25, 0.3) is 0 Å². The summed E-state index contributed by atoms with van der Waals surface area (Å²) in [7, 11) is 0. The molecular formula is C14H25N3. The molecule has 96 valence electrons. The van der Waals surface area contributed by atoms with E-state index in [9.17, 15) is 0 Å². The predicted molar refractivity (Wildman–Crippen MR) is 71.1 cm³/mol. The van der Waals surface area contributed by atoms with Crippen molar-refractivity contribution in [1.29, 1.82) is 0 Å². The summed E-state index contributed by atoms with van der Waals surface area (Å²) in [5.74, 6) is 1.45. The van der Waals surface area contributed by atoms with E-state index in [-0.39, 0.29) is 0 Å². The van der Waals surface area contributed by atoms with Crippen LogP contribution in [-0.2, 0) is 6.42 Å². The highest BCUT2D eigenvalue weighted by molar-refractivity contribution is 5.02. The van der Waals surface area contributed by atoms with E-state index in [4.69, 9.17) is 0 Å². The summed E-state index contributed by atoms with van der Waals surface area (Å²) in [6, 6.07) is 0.569. The maximum Gasteiger partial charge on any atom is 0.0950 e. The van der Waals surface area contributed by atoms with Crippen LogP contribution in [0.2, 0.25) is 0 Å². The zero-order valence-corrected chi connectivity index (χ0v) is 11.3. The molecule has 0 radical (unpaired) electrons. The fourth-order valence-corrected chi connectivity index (χ4v) is 2.79. The highest BCUT2D eigenvalue weighted by atomic mass is 15.1. The first-order chi connectivity index (χ1) is 8.18. The number of hydrogen-bond acceptors (Lipinski definition) is 2. The average Bonchev–Trinajstić information content (AvgIpc) is 2.76. The number of aromatic nitrogens is 2. The van der Waals surface area contributed by atoms with Crippen LogP contribution < -0.4 is 5.32 Å². The van der Waals surface area contributed by atoms with Gasteiger partial charge in [-0.3, -0.25) is 0 Å². The second-order valence-corrected chi connectivity index (χ2v) is 5.74. The van der Waals surface area contributed by atoms with E-state index in [1.54, 1.807) is 0 Å². The molecule has 1 aromatic heterocycles. The molecule has 0 saturated carbocycles. The van der Waals surface area contributed by atoms with Gasteiger partial charge in [0.2, 0.25) is 0 Å². The number of imidazole rings is 1. The summed E-state index contributed by atoms with van der Waals surface area (Å²) < 4.78 is 2.39. The van der Waals surface area contributed by atoms with Crippen LogP contribution in [-0.4, -0.2) is 22.6 Å². The van der Waals surface area contributed by atoms with Crippen LogP contribution in [0.3, 0.4) is 0 Å². The largest absolute Gasteiger partial charge is 0.331 e. The van der Waals surface area contributed by atoms with Gasteiger partial charge in [0.1, 0.15) is 0 Å². The van der Waals surface area contributed by atoms with Crippen molar-refractivity contribution in [2.75, 3.05) is 13.1 Å². The molecule has 0 spiro atoms. The van der Waals surface area contributed by atoms with Crippen LogP contribution in [0.4, 0.5) is 0 Å². The maximum atomic E-state index is 4.33. The molecule has 17 heavy (non-hydrogen) atoms. The minimum Gasteiger partial charge on any atom is -0.331 e. The molecular weight excluding hydrogens is 210 g/mol. The van der Waals surface area contributed by atoms with Gasteiger partial charge in [-0.05, 0) is 51.1 Å². The normalized spacial score (nSPS) is 22.9. The van der Waals surface area contributed by atoms with Crippen molar-refractivity contribution in [1.82, 2.24) is 14.9 Å².